The molecule has 0 spiro atoms. The predicted octanol–water partition coefficient (Wildman–Crippen LogP) is 17.7. The van der Waals surface area contributed by atoms with Gasteiger partial charge < -0.3 is 0 Å². The second kappa shape index (κ2) is 52.8. The summed E-state index contributed by atoms with van der Waals surface area (Å²) in [7, 11) is 9.63. The molecule has 444 valence electrons. The van der Waals surface area contributed by atoms with Gasteiger partial charge in [0.1, 0.15) is 0 Å². The van der Waals surface area contributed by atoms with E-state index in [4.69, 9.17) is 23.7 Å². The van der Waals surface area contributed by atoms with Crippen molar-refractivity contribution < 1.29 is 47.7 Å². The Morgan fingerprint density at radius 1 is 0.320 bits per heavy atom. The Morgan fingerprint density at radius 2 is 0.507 bits per heavy atom. The van der Waals surface area contributed by atoms with Crippen LogP contribution in [0, 0.1) is 29.6 Å². The molecule has 0 aromatic heterocycles. The average Bonchev–Trinajstić information content (AvgIpc) is 3.39. The molecule has 0 aromatic rings. The Hall–Kier alpha value is 0.697. The van der Waals surface area contributed by atoms with E-state index in [-0.39, 0.29) is 29.8 Å². The summed E-state index contributed by atoms with van der Waals surface area (Å²) in [5, 5.41) is 0. The van der Waals surface area contributed by atoms with E-state index < -0.39 is 29.8 Å². The number of carbonyl (C=O) groups is 5. The molecular weight excluding hydrogens is 1250 g/mol. The van der Waals surface area contributed by atoms with Gasteiger partial charge >= 0.3 is 488 Å². The second-order valence-electron chi connectivity index (χ2n) is 20.8. The van der Waals surface area contributed by atoms with Gasteiger partial charge in [-0.2, -0.15) is 0 Å². The average molecular weight is 1370 g/mol. The molecule has 0 saturated heterocycles. The van der Waals surface area contributed by atoms with Crippen LogP contribution >= 0.6 is 44.7 Å². The first kappa shape index (κ1) is 77.8. The Labute approximate surface area is 483 Å². The molecule has 0 aliphatic carbocycles. The number of esters is 5. The molecule has 0 N–H and O–H groups in total. The quantitative estimate of drug-likeness (QED) is 0.0325. The minimum atomic E-state index is -2.91. The van der Waals surface area contributed by atoms with E-state index in [1.807, 2.05) is 44.7 Å². The molecule has 5 atom stereocenters. The standard InChI is InChI=1S/5C11H22O2S.3CH3.2Sn/c5*1-3-5-6-10(4-2)9-13-11(12)7-8-14;;;;;/h5*10,14H,3-9H2,1-2H3;3*1H3;;/q;;;;;;;;+2;+3/p-5. The van der Waals surface area contributed by atoms with Crippen molar-refractivity contribution in [2.75, 3.05) is 61.8 Å². The second-order valence-corrected chi connectivity index (χ2v) is 86.6. The first-order valence-corrected chi connectivity index (χ1v) is 60.9. The molecule has 0 saturated carbocycles. The topological polar surface area (TPSA) is 132 Å². The maximum absolute atomic E-state index is 12.5. The van der Waals surface area contributed by atoms with Crippen molar-refractivity contribution in [2.24, 2.45) is 29.6 Å². The molecule has 0 heterocycles. The number of hydrogen-bond donors (Lipinski definition) is 0. The fourth-order valence-corrected chi connectivity index (χ4v) is 56.9. The van der Waals surface area contributed by atoms with E-state index in [0.29, 0.717) is 94.7 Å². The molecule has 0 radical (unpaired) electrons. The fourth-order valence-electron chi connectivity index (χ4n) is 7.79. The van der Waals surface area contributed by atoms with Crippen molar-refractivity contribution in [2.45, 2.75) is 245 Å². The van der Waals surface area contributed by atoms with Gasteiger partial charge in [-0.3, -0.25) is 0 Å². The van der Waals surface area contributed by atoms with Crippen LogP contribution in [0.15, 0.2) is 0 Å². The number of ether oxygens (including phenoxy) is 5. The number of carbonyl (C=O) groups excluding carboxylic acids is 5. The van der Waals surface area contributed by atoms with Crippen molar-refractivity contribution in [3.8, 4) is 0 Å². The van der Waals surface area contributed by atoms with Gasteiger partial charge in [0, 0.05) is 0 Å². The third-order valence-electron chi connectivity index (χ3n) is 13.6. The number of hydrogen-bond acceptors (Lipinski definition) is 15. The molecule has 0 bridgehead atoms. The molecule has 0 aromatic carbocycles. The van der Waals surface area contributed by atoms with Crippen LogP contribution in [0.1, 0.15) is 230 Å². The van der Waals surface area contributed by atoms with Crippen LogP contribution in [0.25, 0.3) is 0 Å². The summed E-state index contributed by atoms with van der Waals surface area (Å²) < 4.78 is 27.9. The van der Waals surface area contributed by atoms with Crippen molar-refractivity contribution >= 4 is 104 Å². The fraction of sp³-hybridized carbons (Fsp3) is 0.914. The van der Waals surface area contributed by atoms with Gasteiger partial charge in [0.2, 0.25) is 0 Å². The molecule has 5 unspecified atom stereocenters. The minimum absolute atomic E-state index is 0.0633. The van der Waals surface area contributed by atoms with Gasteiger partial charge in [-0.15, -0.1) is 0 Å². The van der Waals surface area contributed by atoms with Crippen molar-refractivity contribution in [1.29, 1.82) is 0 Å². The van der Waals surface area contributed by atoms with Gasteiger partial charge in [0.05, 0.1) is 0 Å². The van der Waals surface area contributed by atoms with Gasteiger partial charge in [-0.1, -0.05) is 0 Å². The zero-order valence-electron chi connectivity index (χ0n) is 50.3. The third-order valence-corrected chi connectivity index (χ3v) is 71.7. The Morgan fingerprint density at radius 3 is 0.680 bits per heavy atom. The zero-order valence-corrected chi connectivity index (χ0v) is 60.0. The van der Waals surface area contributed by atoms with Crippen LogP contribution in [-0.4, -0.2) is 121 Å². The summed E-state index contributed by atoms with van der Waals surface area (Å²) in [6.07, 6.45) is 24.8. The van der Waals surface area contributed by atoms with E-state index >= 15 is 0 Å². The van der Waals surface area contributed by atoms with E-state index in [1.165, 1.54) is 44.9 Å². The SMILES string of the molecule is CCCCC(CC)COC(=O)CC[S][Sn]([CH3])([CH3])[S]CCC(=O)OCC(CC)CCCC.CCCCC(CC)COC(=O)CC[S][Sn]([CH3])([S]CCC(=O)OCC(CC)CCCC)[S]CCC(=O)OCC(CC)CCCC. The maximum atomic E-state index is 12.5. The Balaban J connectivity index is 0. The van der Waals surface area contributed by atoms with Crippen LogP contribution in [0.2, 0.25) is 14.8 Å². The van der Waals surface area contributed by atoms with Crippen LogP contribution in [0.5, 0.6) is 0 Å². The van der Waals surface area contributed by atoms with Crippen molar-refractivity contribution in [3.63, 3.8) is 0 Å². The third kappa shape index (κ3) is 48.0. The molecule has 17 heteroatoms. The summed E-state index contributed by atoms with van der Waals surface area (Å²) >= 11 is -5.25. The number of unbranched alkanes of at least 4 members (excludes halogenated alkanes) is 5. The van der Waals surface area contributed by atoms with Crippen LogP contribution < -0.4 is 0 Å². The monoisotopic (exact) mass is 1370 g/mol. The molecule has 0 rings (SSSR count). The summed E-state index contributed by atoms with van der Waals surface area (Å²) in [5.74, 6) is 5.68. The summed E-state index contributed by atoms with van der Waals surface area (Å²) in [6, 6.07) is 0. The summed E-state index contributed by atoms with van der Waals surface area (Å²) in [6.45, 7) is 24.5. The number of rotatable bonds is 50. The van der Waals surface area contributed by atoms with E-state index in [9.17, 15) is 24.0 Å². The van der Waals surface area contributed by atoms with Gasteiger partial charge in [-0.25, -0.2) is 0 Å². The van der Waals surface area contributed by atoms with Gasteiger partial charge in [-0.05, 0) is 0 Å². The first-order chi connectivity index (χ1) is 35.9. The normalized spacial score (nSPS) is 14.3. The molecular formula is C58H114O10S5Sn2. The van der Waals surface area contributed by atoms with E-state index in [0.717, 1.165) is 112 Å². The molecule has 0 aliphatic heterocycles. The summed E-state index contributed by atoms with van der Waals surface area (Å²) in [5.41, 5.74) is 0. The summed E-state index contributed by atoms with van der Waals surface area (Å²) in [4.78, 5) is 68.7. The molecule has 75 heavy (non-hydrogen) atoms. The van der Waals surface area contributed by atoms with Crippen LogP contribution in [-0.2, 0) is 47.7 Å². The molecule has 10 nitrogen and oxygen atoms in total. The Kier molecular flexibility index (Phi) is 54.7. The van der Waals surface area contributed by atoms with Gasteiger partial charge in [0.25, 0.3) is 0 Å². The van der Waals surface area contributed by atoms with Crippen LogP contribution in [0.3, 0.4) is 0 Å². The Bertz CT molecular complexity index is 1280. The van der Waals surface area contributed by atoms with E-state index in [1.54, 1.807) is 0 Å². The van der Waals surface area contributed by atoms with Crippen molar-refractivity contribution in [1.82, 2.24) is 0 Å². The van der Waals surface area contributed by atoms with Crippen molar-refractivity contribution in [3.05, 3.63) is 0 Å². The van der Waals surface area contributed by atoms with Crippen LogP contribution in [0.4, 0.5) is 0 Å². The van der Waals surface area contributed by atoms with Gasteiger partial charge in [0.15, 0.2) is 0 Å². The molecule has 0 aliphatic rings. The predicted molar refractivity (Wildman–Crippen MR) is 336 cm³/mol. The molecule has 0 amide bonds. The van der Waals surface area contributed by atoms with E-state index in [2.05, 4.69) is 84.1 Å². The molecule has 0 fully saturated rings. The zero-order chi connectivity index (χ0) is 56.6. The first-order valence-electron chi connectivity index (χ1n) is 29.9.